The van der Waals surface area contributed by atoms with Crippen LogP contribution >= 0.6 is 12.4 Å². The highest BCUT2D eigenvalue weighted by atomic mass is 35.5. The molecule has 0 aliphatic rings. The van der Waals surface area contributed by atoms with Crippen molar-refractivity contribution in [2.45, 2.75) is 20.4 Å². The maximum atomic E-state index is 13.0. The molecule has 0 aliphatic carbocycles. The van der Waals surface area contributed by atoms with Gasteiger partial charge in [0, 0.05) is 23.1 Å². The number of phenols is 1. The third-order valence-corrected chi connectivity index (χ3v) is 4.13. The van der Waals surface area contributed by atoms with Gasteiger partial charge in [0.2, 0.25) is 0 Å². The van der Waals surface area contributed by atoms with Crippen molar-refractivity contribution in [2.75, 3.05) is 14.1 Å². The van der Waals surface area contributed by atoms with Crippen LogP contribution in [0.15, 0.2) is 40.8 Å². The maximum absolute atomic E-state index is 13.0. The van der Waals surface area contributed by atoms with E-state index in [-0.39, 0.29) is 23.9 Å². The Kier molecular flexibility index (Phi) is 5.55. The van der Waals surface area contributed by atoms with Crippen molar-refractivity contribution in [1.29, 1.82) is 0 Å². The van der Waals surface area contributed by atoms with Crippen LogP contribution in [0, 0.1) is 13.8 Å². The summed E-state index contributed by atoms with van der Waals surface area (Å²) >= 11 is 0. The zero-order valence-corrected chi connectivity index (χ0v) is 15.6. The molecule has 0 saturated heterocycles. The van der Waals surface area contributed by atoms with Crippen molar-refractivity contribution in [3.63, 3.8) is 0 Å². The normalized spacial score (nSPS) is 10.9. The summed E-state index contributed by atoms with van der Waals surface area (Å²) in [7, 11) is 3.85. The van der Waals surface area contributed by atoms with E-state index in [4.69, 9.17) is 4.42 Å². The minimum atomic E-state index is -0.0862. The molecular formula is C20H22ClNO3. The lowest BCUT2D eigenvalue weighted by atomic mass is 9.96. The number of carbonyl (C=O) groups is 1. The van der Waals surface area contributed by atoms with E-state index in [1.165, 1.54) is 0 Å². The number of hydrogen-bond donors (Lipinski definition) is 1. The molecule has 0 bridgehead atoms. The van der Waals surface area contributed by atoms with Crippen LogP contribution < -0.4 is 0 Å². The van der Waals surface area contributed by atoms with Crippen LogP contribution in [-0.4, -0.2) is 29.9 Å². The number of furan rings is 1. The number of phenolic OH excluding ortho intramolecular Hbond substituents is 1. The average molecular weight is 360 g/mol. The molecule has 0 unspecified atom stereocenters. The first-order valence-corrected chi connectivity index (χ1v) is 7.88. The molecule has 132 valence electrons. The molecule has 1 aromatic heterocycles. The summed E-state index contributed by atoms with van der Waals surface area (Å²) in [5, 5.41) is 11.0. The molecule has 0 fully saturated rings. The standard InChI is InChI=1S/C20H21NO3.ClH/c1-12-5-7-14(8-6-12)20(23)18-13(2)24-17-10-9-16(22)15(19(17)18)11-21(3)4;/h5-10,22H,11H2,1-4H3;1H. The zero-order valence-electron chi connectivity index (χ0n) is 14.8. The van der Waals surface area contributed by atoms with Gasteiger partial charge in [0.15, 0.2) is 5.78 Å². The van der Waals surface area contributed by atoms with Crippen molar-refractivity contribution in [3.05, 3.63) is 64.4 Å². The Morgan fingerprint density at radius 3 is 2.32 bits per heavy atom. The molecule has 25 heavy (non-hydrogen) atoms. The van der Waals surface area contributed by atoms with Crippen molar-refractivity contribution in [3.8, 4) is 5.75 Å². The van der Waals surface area contributed by atoms with Crippen LogP contribution in [-0.2, 0) is 6.54 Å². The molecule has 2 aromatic carbocycles. The van der Waals surface area contributed by atoms with Gasteiger partial charge in [-0.05, 0) is 40.1 Å². The van der Waals surface area contributed by atoms with Gasteiger partial charge >= 0.3 is 0 Å². The highest BCUT2D eigenvalue weighted by Gasteiger charge is 2.23. The smallest absolute Gasteiger partial charge is 0.197 e. The van der Waals surface area contributed by atoms with E-state index < -0.39 is 0 Å². The van der Waals surface area contributed by atoms with Crippen molar-refractivity contribution < 1.29 is 14.3 Å². The van der Waals surface area contributed by atoms with E-state index in [2.05, 4.69) is 0 Å². The summed E-state index contributed by atoms with van der Waals surface area (Å²) in [6.45, 7) is 4.30. The van der Waals surface area contributed by atoms with Gasteiger partial charge in [-0.2, -0.15) is 0 Å². The lowest BCUT2D eigenvalue weighted by Gasteiger charge is -2.13. The highest BCUT2D eigenvalue weighted by Crippen LogP contribution is 2.35. The van der Waals surface area contributed by atoms with Gasteiger partial charge in [0.25, 0.3) is 0 Å². The van der Waals surface area contributed by atoms with E-state index in [0.29, 0.717) is 40.0 Å². The summed E-state index contributed by atoms with van der Waals surface area (Å²) in [6, 6.07) is 10.8. The predicted molar refractivity (Wildman–Crippen MR) is 102 cm³/mol. The van der Waals surface area contributed by atoms with Crippen LogP contribution in [0.2, 0.25) is 0 Å². The topological polar surface area (TPSA) is 53.7 Å². The number of nitrogens with zero attached hydrogens (tertiary/aromatic N) is 1. The first-order chi connectivity index (χ1) is 11.4. The molecule has 3 rings (SSSR count). The second-order valence-electron chi connectivity index (χ2n) is 6.40. The fraction of sp³-hybridized carbons (Fsp3) is 0.250. The zero-order chi connectivity index (χ0) is 17.4. The van der Waals surface area contributed by atoms with Crippen molar-refractivity contribution in [1.82, 2.24) is 4.90 Å². The summed E-state index contributed by atoms with van der Waals surface area (Å²) in [6.07, 6.45) is 0. The first-order valence-electron chi connectivity index (χ1n) is 7.88. The molecule has 1 N–H and O–H groups in total. The molecule has 0 saturated carbocycles. The number of ketones is 1. The number of rotatable bonds is 4. The van der Waals surface area contributed by atoms with Gasteiger partial charge in [-0.15, -0.1) is 12.4 Å². The molecule has 0 atom stereocenters. The minimum Gasteiger partial charge on any atom is -0.508 e. The molecule has 4 nitrogen and oxygen atoms in total. The Labute approximate surface area is 153 Å². The van der Waals surface area contributed by atoms with E-state index in [1.807, 2.05) is 50.2 Å². The second kappa shape index (κ2) is 7.30. The van der Waals surface area contributed by atoms with Gasteiger partial charge in [0.05, 0.1) is 5.56 Å². The van der Waals surface area contributed by atoms with Gasteiger partial charge in [-0.3, -0.25) is 4.79 Å². The van der Waals surface area contributed by atoms with Crippen LogP contribution in [0.25, 0.3) is 11.0 Å². The Balaban J connectivity index is 0.00000225. The number of hydrogen-bond acceptors (Lipinski definition) is 4. The number of halogens is 1. The lowest BCUT2D eigenvalue weighted by molar-refractivity contribution is 0.103. The summed E-state index contributed by atoms with van der Waals surface area (Å²) in [5.41, 5.74) is 3.58. The van der Waals surface area contributed by atoms with E-state index in [9.17, 15) is 9.90 Å². The molecule has 0 spiro atoms. The predicted octanol–water partition coefficient (Wildman–Crippen LogP) is 4.47. The van der Waals surface area contributed by atoms with Crippen molar-refractivity contribution in [2.24, 2.45) is 0 Å². The quantitative estimate of drug-likeness (QED) is 0.698. The average Bonchev–Trinajstić information content (AvgIpc) is 2.86. The summed E-state index contributed by atoms with van der Waals surface area (Å²) in [4.78, 5) is 15.0. The number of fused-ring (bicyclic) bond motifs is 1. The fourth-order valence-electron chi connectivity index (χ4n) is 2.97. The molecule has 3 aromatic rings. The molecule has 0 aliphatic heterocycles. The third kappa shape index (κ3) is 3.55. The van der Waals surface area contributed by atoms with Crippen LogP contribution in [0.5, 0.6) is 5.75 Å². The van der Waals surface area contributed by atoms with Crippen LogP contribution in [0.3, 0.4) is 0 Å². The summed E-state index contributed by atoms with van der Waals surface area (Å²) < 4.78 is 5.79. The number of aromatic hydroxyl groups is 1. The van der Waals surface area contributed by atoms with Gasteiger partial charge in [0.1, 0.15) is 17.1 Å². The van der Waals surface area contributed by atoms with E-state index >= 15 is 0 Å². The molecule has 1 heterocycles. The molecule has 0 radical (unpaired) electrons. The van der Waals surface area contributed by atoms with E-state index in [1.54, 1.807) is 19.1 Å². The number of carbonyl (C=O) groups excluding carboxylic acids is 1. The maximum Gasteiger partial charge on any atom is 0.197 e. The Bertz CT molecular complexity index is 911. The Morgan fingerprint density at radius 2 is 1.72 bits per heavy atom. The van der Waals surface area contributed by atoms with Gasteiger partial charge in [-0.25, -0.2) is 0 Å². The third-order valence-electron chi connectivity index (χ3n) is 4.13. The van der Waals surface area contributed by atoms with Crippen LogP contribution in [0.4, 0.5) is 0 Å². The second-order valence-corrected chi connectivity index (χ2v) is 6.40. The molecular weight excluding hydrogens is 338 g/mol. The van der Waals surface area contributed by atoms with Crippen LogP contribution in [0.1, 0.15) is 32.8 Å². The largest absolute Gasteiger partial charge is 0.508 e. The molecule has 5 heteroatoms. The van der Waals surface area contributed by atoms with Gasteiger partial charge in [-0.1, -0.05) is 29.8 Å². The SMILES string of the molecule is Cc1ccc(C(=O)c2c(C)oc3ccc(O)c(CN(C)C)c23)cc1.Cl. The van der Waals surface area contributed by atoms with Gasteiger partial charge < -0.3 is 14.4 Å². The number of benzene rings is 2. The van der Waals surface area contributed by atoms with E-state index in [0.717, 1.165) is 5.56 Å². The highest BCUT2D eigenvalue weighted by molar-refractivity contribution is 6.17. The first kappa shape index (κ1) is 19.0. The monoisotopic (exact) mass is 359 g/mol. The lowest BCUT2D eigenvalue weighted by Crippen LogP contribution is -2.12. The Hall–Kier alpha value is -2.30. The Morgan fingerprint density at radius 1 is 1.08 bits per heavy atom. The minimum absolute atomic E-state index is 0. The number of aryl methyl sites for hydroxylation is 2. The summed E-state index contributed by atoms with van der Waals surface area (Å²) in [5.74, 6) is 0.660. The fourth-order valence-corrected chi connectivity index (χ4v) is 2.97. The molecule has 0 amide bonds. The van der Waals surface area contributed by atoms with Crippen molar-refractivity contribution >= 4 is 29.2 Å².